The first kappa shape index (κ1) is 14.0. The maximum atomic E-state index is 12.1. The van der Waals surface area contributed by atoms with Gasteiger partial charge in [0.1, 0.15) is 4.90 Å². The number of nitrogens with two attached hydrogens (primary N) is 1. The summed E-state index contributed by atoms with van der Waals surface area (Å²) in [6.45, 7) is 2.38. The van der Waals surface area contributed by atoms with E-state index in [1.165, 1.54) is 18.4 Å². The Morgan fingerprint density at radius 1 is 1.35 bits per heavy atom. The van der Waals surface area contributed by atoms with Crippen molar-refractivity contribution in [2.75, 3.05) is 26.0 Å². The zero-order valence-corrected chi connectivity index (χ0v) is 11.2. The first-order valence-corrected chi connectivity index (χ1v) is 6.80. The molecule has 0 amide bonds. The molecule has 0 spiro atoms. The molecule has 6 heteroatoms. The van der Waals surface area contributed by atoms with E-state index in [9.17, 15) is 8.42 Å². The van der Waals surface area contributed by atoms with Gasteiger partial charge in [0.2, 0.25) is 10.0 Å². The Balaban J connectivity index is 3.08. The van der Waals surface area contributed by atoms with E-state index in [1.807, 2.05) is 6.92 Å². The van der Waals surface area contributed by atoms with E-state index in [1.54, 1.807) is 24.3 Å². The Labute approximate surface area is 103 Å². The summed E-state index contributed by atoms with van der Waals surface area (Å²) < 4.78 is 25.3. The molecule has 0 radical (unpaired) electrons. The summed E-state index contributed by atoms with van der Waals surface area (Å²) in [7, 11) is -0.402. The standard InChI is InChI=1S/C11H19N3O2S/c1-9(12)8-13-10-6-4-5-7-11(10)17(15,16)14(2)3/h4-7,9,13H,8,12H2,1-3H3. The molecule has 96 valence electrons. The number of rotatable bonds is 5. The van der Waals surface area contributed by atoms with Gasteiger partial charge in [-0.2, -0.15) is 0 Å². The normalized spacial score (nSPS) is 13.7. The molecule has 0 aliphatic carbocycles. The fourth-order valence-corrected chi connectivity index (χ4v) is 2.37. The van der Waals surface area contributed by atoms with Gasteiger partial charge < -0.3 is 11.1 Å². The van der Waals surface area contributed by atoms with Crippen molar-refractivity contribution >= 4 is 15.7 Å². The monoisotopic (exact) mass is 257 g/mol. The number of sulfonamides is 1. The van der Waals surface area contributed by atoms with Crippen molar-refractivity contribution in [2.45, 2.75) is 17.9 Å². The van der Waals surface area contributed by atoms with Gasteiger partial charge in [-0.3, -0.25) is 0 Å². The van der Waals surface area contributed by atoms with Gasteiger partial charge in [-0.1, -0.05) is 12.1 Å². The van der Waals surface area contributed by atoms with Crippen molar-refractivity contribution < 1.29 is 8.42 Å². The van der Waals surface area contributed by atoms with Gasteiger partial charge in [0.15, 0.2) is 0 Å². The first-order chi connectivity index (χ1) is 7.85. The van der Waals surface area contributed by atoms with Gasteiger partial charge in [-0.05, 0) is 19.1 Å². The molecule has 0 saturated heterocycles. The maximum absolute atomic E-state index is 12.1. The molecular formula is C11H19N3O2S. The summed E-state index contributed by atoms with van der Waals surface area (Å²) in [4.78, 5) is 0.269. The van der Waals surface area contributed by atoms with Crippen LogP contribution in [-0.2, 0) is 10.0 Å². The lowest BCUT2D eigenvalue weighted by molar-refractivity contribution is 0.521. The second-order valence-corrected chi connectivity index (χ2v) is 6.26. The second kappa shape index (κ2) is 5.48. The molecule has 0 fully saturated rings. The van der Waals surface area contributed by atoms with Crippen LogP contribution in [0.5, 0.6) is 0 Å². The van der Waals surface area contributed by atoms with E-state index >= 15 is 0 Å². The number of benzene rings is 1. The van der Waals surface area contributed by atoms with Gasteiger partial charge in [0, 0.05) is 26.7 Å². The molecule has 1 unspecified atom stereocenters. The van der Waals surface area contributed by atoms with Crippen molar-refractivity contribution in [3.05, 3.63) is 24.3 Å². The molecule has 0 saturated carbocycles. The van der Waals surface area contributed by atoms with Crippen molar-refractivity contribution in [3.8, 4) is 0 Å². The molecule has 5 nitrogen and oxygen atoms in total. The quantitative estimate of drug-likeness (QED) is 0.814. The third-order valence-corrected chi connectivity index (χ3v) is 4.13. The molecule has 1 aromatic rings. The van der Waals surface area contributed by atoms with Gasteiger partial charge >= 0.3 is 0 Å². The smallest absolute Gasteiger partial charge is 0.244 e. The molecule has 0 heterocycles. The molecular weight excluding hydrogens is 238 g/mol. The highest BCUT2D eigenvalue weighted by atomic mass is 32.2. The van der Waals surface area contributed by atoms with Crippen molar-refractivity contribution in [2.24, 2.45) is 5.73 Å². The van der Waals surface area contributed by atoms with Gasteiger partial charge in [-0.25, -0.2) is 12.7 Å². The first-order valence-electron chi connectivity index (χ1n) is 5.36. The highest BCUT2D eigenvalue weighted by molar-refractivity contribution is 7.89. The predicted molar refractivity (Wildman–Crippen MR) is 69.5 cm³/mol. The highest BCUT2D eigenvalue weighted by Gasteiger charge is 2.20. The Bertz CT molecular complexity index is 469. The van der Waals surface area contributed by atoms with Gasteiger partial charge in [0.25, 0.3) is 0 Å². The molecule has 1 rings (SSSR count). The number of anilines is 1. The van der Waals surface area contributed by atoms with E-state index < -0.39 is 10.0 Å². The highest BCUT2D eigenvalue weighted by Crippen LogP contribution is 2.22. The van der Waals surface area contributed by atoms with E-state index in [0.717, 1.165) is 0 Å². The number of nitrogens with zero attached hydrogens (tertiary/aromatic N) is 1. The third kappa shape index (κ3) is 3.42. The van der Waals surface area contributed by atoms with Gasteiger partial charge in [0.05, 0.1) is 5.69 Å². The zero-order valence-electron chi connectivity index (χ0n) is 10.3. The van der Waals surface area contributed by atoms with Crippen LogP contribution < -0.4 is 11.1 Å². The van der Waals surface area contributed by atoms with E-state index in [-0.39, 0.29) is 10.9 Å². The Hall–Kier alpha value is -1.11. The number of nitrogens with one attached hydrogen (secondary N) is 1. The van der Waals surface area contributed by atoms with Crippen LogP contribution in [0.2, 0.25) is 0 Å². The molecule has 1 atom stereocenters. The summed E-state index contributed by atoms with van der Waals surface area (Å²) in [6, 6.07) is 6.77. The lowest BCUT2D eigenvalue weighted by Crippen LogP contribution is -2.27. The summed E-state index contributed by atoms with van der Waals surface area (Å²) in [5.74, 6) is 0. The molecule has 1 aromatic carbocycles. The zero-order chi connectivity index (χ0) is 13.1. The van der Waals surface area contributed by atoms with E-state index in [2.05, 4.69) is 5.32 Å². The molecule has 0 aromatic heterocycles. The van der Waals surface area contributed by atoms with Crippen LogP contribution in [0.4, 0.5) is 5.69 Å². The number of hydrogen-bond acceptors (Lipinski definition) is 4. The molecule has 0 aliphatic heterocycles. The molecule has 17 heavy (non-hydrogen) atoms. The summed E-state index contributed by atoms with van der Waals surface area (Å²) in [5, 5.41) is 3.04. The third-order valence-electron chi connectivity index (χ3n) is 2.26. The largest absolute Gasteiger partial charge is 0.382 e. The topological polar surface area (TPSA) is 75.4 Å². The van der Waals surface area contributed by atoms with E-state index in [4.69, 9.17) is 5.73 Å². The van der Waals surface area contributed by atoms with Crippen LogP contribution >= 0.6 is 0 Å². The summed E-state index contributed by atoms with van der Waals surface area (Å²) >= 11 is 0. The number of para-hydroxylation sites is 1. The minimum atomic E-state index is -3.43. The minimum absolute atomic E-state index is 0.0369. The SMILES string of the molecule is CC(N)CNc1ccccc1S(=O)(=O)N(C)C. The van der Waals surface area contributed by atoms with Crippen LogP contribution in [0, 0.1) is 0 Å². The van der Waals surface area contributed by atoms with Crippen LogP contribution in [0.1, 0.15) is 6.92 Å². The second-order valence-electron chi connectivity index (χ2n) is 4.14. The van der Waals surface area contributed by atoms with Crippen molar-refractivity contribution in [1.82, 2.24) is 4.31 Å². The Morgan fingerprint density at radius 3 is 2.47 bits per heavy atom. The van der Waals surface area contributed by atoms with Crippen LogP contribution in [0.15, 0.2) is 29.2 Å². The fourth-order valence-electron chi connectivity index (χ4n) is 1.31. The minimum Gasteiger partial charge on any atom is -0.382 e. The van der Waals surface area contributed by atoms with Crippen molar-refractivity contribution in [3.63, 3.8) is 0 Å². The van der Waals surface area contributed by atoms with Crippen molar-refractivity contribution in [1.29, 1.82) is 0 Å². The maximum Gasteiger partial charge on any atom is 0.244 e. The van der Waals surface area contributed by atoms with Crippen LogP contribution in [0.25, 0.3) is 0 Å². The Morgan fingerprint density at radius 2 is 1.94 bits per heavy atom. The predicted octanol–water partition coefficient (Wildman–Crippen LogP) is 0.696. The van der Waals surface area contributed by atoms with Crippen LogP contribution in [0.3, 0.4) is 0 Å². The van der Waals surface area contributed by atoms with E-state index in [0.29, 0.717) is 12.2 Å². The number of hydrogen-bond donors (Lipinski definition) is 2. The molecule has 3 N–H and O–H groups in total. The lowest BCUT2D eigenvalue weighted by atomic mass is 10.3. The summed E-state index contributed by atoms with van der Waals surface area (Å²) in [6.07, 6.45) is 0. The average Bonchev–Trinajstić information content (AvgIpc) is 2.26. The Kier molecular flexibility index (Phi) is 4.50. The molecule has 0 bridgehead atoms. The summed E-state index contributed by atoms with van der Waals surface area (Å²) in [5.41, 5.74) is 6.22. The average molecular weight is 257 g/mol. The van der Waals surface area contributed by atoms with Gasteiger partial charge in [-0.15, -0.1) is 0 Å². The lowest BCUT2D eigenvalue weighted by Gasteiger charge is -2.16. The molecule has 0 aliphatic rings. The van der Waals surface area contributed by atoms with Crippen LogP contribution in [-0.4, -0.2) is 39.4 Å². The fraction of sp³-hybridized carbons (Fsp3) is 0.455.